The second kappa shape index (κ2) is 13.9. The predicted octanol–water partition coefficient (Wildman–Crippen LogP) is 3.82. The van der Waals surface area contributed by atoms with E-state index in [4.69, 9.17) is 23.9 Å². The van der Waals surface area contributed by atoms with Gasteiger partial charge in [-0.15, -0.1) is 0 Å². The summed E-state index contributed by atoms with van der Waals surface area (Å²) in [5, 5.41) is 5.66. The molecule has 1 N–H and O–H groups in total. The number of hydrogen-bond acceptors (Lipinski definition) is 10. The van der Waals surface area contributed by atoms with Crippen LogP contribution in [0.3, 0.4) is 0 Å². The Kier molecular flexibility index (Phi) is 9.83. The largest absolute Gasteiger partial charge is 0.493 e. The Morgan fingerprint density at radius 2 is 1.83 bits per heavy atom. The number of nitrogens with one attached hydrogen (secondary N) is 1. The third-order valence-electron chi connectivity index (χ3n) is 7.27. The van der Waals surface area contributed by atoms with Crippen molar-refractivity contribution in [3.05, 3.63) is 76.3 Å². The van der Waals surface area contributed by atoms with Crippen molar-refractivity contribution in [1.82, 2.24) is 15.1 Å². The summed E-state index contributed by atoms with van der Waals surface area (Å²) in [5.74, 6) is 0.534. The number of esters is 1. The summed E-state index contributed by atoms with van der Waals surface area (Å²) in [5.41, 5.74) is 3.25. The molecular weight excluding hydrogens is 556 g/mol. The van der Waals surface area contributed by atoms with E-state index in [9.17, 15) is 9.59 Å². The molecule has 3 heterocycles. The first-order chi connectivity index (χ1) is 20.5. The minimum Gasteiger partial charge on any atom is -0.493 e. The summed E-state index contributed by atoms with van der Waals surface area (Å²) < 4.78 is 22.1. The Hall–Kier alpha value is -3.80. The van der Waals surface area contributed by atoms with E-state index in [-0.39, 0.29) is 18.9 Å². The zero-order valence-electron chi connectivity index (χ0n) is 24.1. The highest BCUT2D eigenvalue weighted by atomic mass is 32.2. The van der Waals surface area contributed by atoms with E-state index in [0.717, 1.165) is 36.5 Å². The molecule has 0 spiro atoms. The van der Waals surface area contributed by atoms with Crippen molar-refractivity contribution in [1.29, 1.82) is 0 Å². The normalized spacial score (nSPS) is 18.6. The number of amides is 1. The first-order valence-corrected chi connectivity index (χ1v) is 14.9. The number of hydrogen-bond donors (Lipinski definition) is 1. The van der Waals surface area contributed by atoms with Crippen molar-refractivity contribution < 1.29 is 28.5 Å². The number of thioether (sulfide) groups is 1. The number of benzene rings is 2. The maximum absolute atomic E-state index is 13.7. The molecular formula is C31H36N4O6S. The number of morpholine rings is 1. The zero-order valence-corrected chi connectivity index (χ0v) is 24.9. The molecule has 5 rings (SSSR count). The maximum Gasteiger partial charge on any atom is 0.338 e. The van der Waals surface area contributed by atoms with Gasteiger partial charge in [-0.05, 0) is 30.0 Å². The van der Waals surface area contributed by atoms with E-state index >= 15 is 0 Å². The van der Waals surface area contributed by atoms with Gasteiger partial charge < -0.3 is 29.2 Å². The molecule has 42 heavy (non-hydrogen) atoms. The summed E-state index contributed by atoms with van der Waals surface area (Å²) in [6, 6.07) is 14.6. The van der Waals surface area contributed by atoms with Crippen LogP contribution in [0.15, 0.2) is 70.2 Å². The molecule has 3 aliphatic rings. The number of amidine groups is 1. The highest BCUT2D eigenvalue weighted by molar-refractivity contribution is 8.16. The van der Waals surface area contributed by atoms with Crippen LogP contribution in [0.4, 0.5) is 0 Å². The van der Waals surface area contributed by atoms with E-state index in [1.54, 1.807) is 21.1 Å². The first-order valence-electron chi connectivity index (χ1n) is 14.0. The number of carbonyl (C=O) groups is 2. The van der Waals surface area contributed by atoms with E-state index in [2.05, 4.69) is 10.2 Å². The average molecular weight is 593 g/mol. The van der Waals surface area contributed by atoms with Gasteiger partial charge in [-0.25, -0.2) is 9.79 Å². The van der Waals surface area contributed by atoms with Crippen molar-refractivity contribution >= 4 is 34.5 Å². The van der Waals surface area contributed by atoms with Gasteiger partial charge >= 0.3 is 5.97 Å². The highest BCUT2D eigenvalue weighted by Crippen LogP contribution is 2.48. The van der Waals surface area contributed by atoms with Crippen LogP contribution in [0.2, 0.25) is 0 Å². The minimum atomic E-state index is -0.617. The Morgan fingerprint density at radius 3 is 2.55 bits per heavy atom. The fraction of sp³-hybridized carbons (Fsp3) is 0.387. The van der Waals surface area contributed by atoms with Crippen LogP contribution >= 0.6 is 11.8 Å². The quantitative estimate of drug-likeness (QED) is 0.390. The second-order valence-electron chi connectivity index (χ2n) is 9.84. The Morgan fingerprint density at radius 1 is 1.07 bits per heavy atom. The minimum absolute atomic E-state index is 0.0991. The van der Waals surface area contributed by atoms with E-state index in [1.807, 2.05) is 58.8 Å². The predicted molar refractivity (Wildman–Crippen MR) is 162 cm³/mol. The van der Waals surface area contributed by atoms with Gasteiger partial charge in [0.05, 0.1) is 57.8 Å². The van der Waals surface area contributed by atoms with Gasteiger partial charge in [0.15, 0.2) is 16.7 Å². The van der Waals surface area contributed by atoms with Crippen molar-refractivity contribution in [3.63, 3.8) is 0 Å². The molecule has 0 aliphatic carbocycles. The second-order valence-corrected chi connectivity index (χ2v) is 10.7. The maximum atomic E-state index is 13.7. The van der Waals surface area contributed by atoms with Crippen LogP contribution in [0, 0.1) is 0 Å². The molecule has 1 amide bonds. The number of carbonyl (C=O) groups excluding carboxylic acids is 2. The summed E-state index contributed by atoms with van der Waals surface area (Å²) in [6.07, 6.45) is 0.135. The third-order valence-corrected chi connectivity index (χ3v) is 8.16. The lowest BCUT2D eigenvalue weighted by Crippen LogP contribution is -2.42. The number of methoxy groups -OCH3 is 2. The molecule has 222 valence electrons. The molecule has 1 fully saturated rings. The average Bonchev–Trinajstić information content (AvgIpc) is 3.42. The van der Waals surface area contributed by atoms with Gasteiger partial charge in [-0.3, -0.25) is 9.69 Å². The fourth-order valence-electron chi connectivity index (χ4n) is 5.23. The molecule has 3 aliphatic heterocycles. The van der Waals surface area contributed by atoms with E-state index in [1.165, 1.54) is 11.8 Å². The first kappa shape index (κ1) is 29.7. The molecule has 0 unspecified atom stereocenters. The number of fused-ring (bicyclic) bond motifs is 1. The van der Waals surface area contributed by atoms with Crippen molar-refractivity contribution in [2.75, 3.05) is 60.2 Å². The summed E-state index contributed by atoms with van der Waals surface area (Å²) in [4.78, 5) is 36.0. The zero-order chi connectivity index (χ0) is 29.5. The summed E-state index contributed by atoms with van der Waals surface area (Å²) >= 11 is 1.43. The van der Waals surface area contributed by atoms with Crippen LogP contribution < -0.4 is 14.8 Å². The van der Waals surface area contributed by atoms with Crippen LogP contribution in [-0.2, 0) is 19.1 Å². The molecule has 0 aromatic heterocycles. The van der Waals surface area contributed by atoms with E-state index < -0.39 is 12.0 Å². The van der Waals surface area contributed by atoms with Crippen LogP contribution in [-0.4, -0.2) is 87.1 Å². The lowest BCUT2D eigenvalue weighted by molar-refractivity contribution is -0.139. The van der Waals surface area contributed by atoms with Gasteiger partial charge in [0, 0.05) is 37.4 Å². The standard InChI is InChI=1S/C31H36N4O6S/c1-4-41-30(37)27-28(21-8-6-5-7-9-21)33-31-35(29(27)22-10-11-24(38-2)25(18-22)39-3)23(20-42-31)19-26(36)32-12-13-34-14-16-40-17-15-34/h5-11,18,20,29H,4,12-17,19H2,1-3H3,(H,32,36)/t29-/m0/s1. The highest BCUT2D eigenvalue weighted by Gasteiger charge is 2.42. The fourth-order valence-corrected chi connectivity index (χ4v) is 6.15. The van der Waals surface area contributed by atoms with Gasteiger partial charge in [-0.1, -0.05) is 48.2 Å². The molecule has 0 saturated carbocycles. The van der Waals surface area contributed by atoms with Crippen LogP contribution in [0.25, 0.3) is 5.70 Å². The van der Waals surface area contributed by atoms with Gasteiger partial charge in [0.25, 0.3) is 0 Å². The van der Waals surface area contributed by atoms with Crippen molar-refractivity contribution in [2.24, 2.45) is 4.99 Å². The molecule has 0 radical (unpaired) electrons. The smallest absolute Gasteiger partial charge is 0.338 e. The Bertz CT molecular complexity index is 1390. The topological polar surface area (TPSA) is 102 Å². The molecule has 0 bridgehead atoms. The van der Waals surface area contributed by atoms with Gasteiger partial charge in [-0.2, -0.15) is 0 Å². The van der Waals surface area contributed by atoms with Gasteiger partial charge in [0.1, 0.15) is 0 Å². The summed E-state index contributed by atoms with van der Waals surface area (Å²) in [7, 11) is 3.15. The number of rotatable bonds is 11. The molecule has 1 atom stereocenters. The molecule has 2 aromatic rings. The number of ether oxygens (including phenoxy) is 4. The van der Waals surface area contributed by atoms with Gasteiger partial charge in [0.2, 0.25) is 5.91 Å². The summed E-state index contributed by atoms with van der Waals surface area (Å²) in [6.45, 7) is 6.47. The monoisotopic (exact) mass is 592 g/mol. The lowest BCUT2D eigenvalue weighted by Gasteiger charge is -2.37. The third kappa shape index (κ3) is 6.48. The molecule has 10 nitrogen and oxygen atoms in total. The van der Waals surface area contributed by atoms with E-state index in [0.29, 0.717) is 47.7 Å². The van der Waals surface area contributed by atoms with Crippen LogP contribution in [0.1, 0.15) is 30.5 Å². The molecule has 1 saturated heterocycles. The Balaban J connectivity index is 1.49. The number of aliphatic imine (C=N–C) groups is 1. The van der Waals surface area contributed by atoms with Crippen LogP contribution in [0.5, 0.6) is 11.5 Å². The lowest BCUT2D eigenvalue weighted by atomic mass is 9.91. The number of nitrogens with zero attached hydrogens (tertiary/aromatic N) is 3. The molecule has 2 aromatic carbocycles. The SMILES string of the molecule is CCOC(=O)C1=C(c2ccccc2)N=C2SC=C(CC(=O)NCCN3CCOCC3)N2[C@H]1c1ccc(OC)c(OC)c1. The Labute approximate surface area is 250 Å². The molecule has 11 heteroatoms. The van der Waals surface area contributed by atoms with Crippen molar-refractivity contribution in [2.45, 2.75) is 19.4 Å². The van der Waals surface area contributed by atoms with Crippen molar-refractivity contribution in [3.8, 4) is 11.5 Å².